The summed E-state index contributed by atoms with van der Waals surface area (Å²) in [5.41, 5.74) is 0. The normalized spacial score (nSPS) is 11.0. The van der Waals surface area contributed by atoms with Crippen LogP contribution in [0.1, 0.15) is 6.42 Å². The molecule has 0 rings (SSSR count). The first-order chi connectivity index (χ1) is 5.85. The summed E-state index contributed by atoms with van der Waals surface area (Å²) < 4.78 is 34.8. The van der Waals surface area contributed by atoms with E-state index in [1.807, 2.05) is 0 Å². The van der Waals surface area contributed by atoms with E-state index >= 15 is 0 Å². The molecule has 4 nitrogen and oxygen atoms in total. The number of carbonyl (C=O) groups is 2. The summed E-state index contributed by atoms with van der Waals surface area (Å²) in [5, 5.41) is 8.16. The highest BCUT2D eigenvalue weighted by atomic mass is 19.4. The number of nitrogens with zero attached hydrogens (tertiary/aromatic N) is 1. The van der Waals surface area contributed by atoms with Crippen molar-refractivity contribution in [1.82, 2.24) is 4.90 Å². The SMILES string of the molecule is O=CN(CCC(F)(F)F)CC(=O)O. The van der Waals surface area contributed by atoms with Crippen LogP contribution in [0.5, 0.6) is 0 Å². The quantitative estimate of drug-likeness (QED) is 0.655. The van der Waals surface area contributed by atoms with Crippen LogP contribution >= 0.6 is 0 Å². The second kappa shape index (κ2) is 4.68. The van der Waals surface area contributed by atoms with Crippen LogP contribution in [0.15, 0.2) is 0 Å². The number of amides is 1. The molecule has 0 fully saturated rings. The fourth-order valence-corrected chi connectivity index (χ4v) is 0.613. The van der Waals surface area contributed by atoms with Gasteiger partial charge in [0.05, 0.1) is 6.42 Å². The minimum Gasteiger partial charge on any atom is -0.480 e. The van der Waals surface area contributed by atoms with E-state index in [0.717, 1.165) is 0 Å². The molecule has 0 spiro atoms. The molecule has 0 aromatic carbocycles. The van der Waals surface area contributed by atoms with Gasteiger partial charge in [0, 0.05) is 6.54 Å². The number of carbonyl (C=O) groups excluding carboxylic acids is 1. The van der Waals surface area contributed by atoms with Gasteiger partial charge in [-0.3, -0.25) is 9.59 Å². The van der Waals surface area contributed by atoms with Gasteiger partial charge in [-0.15, -0.1) is 0 Å². The third-order valence-corrected chi connectivity index (χ3v) is 1.17. The van der Waals surface area contributed by atoms with Gasteiger partial charge in [0.1, 0.15) is 6.54 Å². The van der Waals surface area contributed by atoms with Crippen LogP contribution < -0.4 is 0 Å². The van der Waals surface area contributed by atoms with Crippen molar-refractivity contribution in [1.29, 1.82) is 0 Å². The van der Waals surface area contributed by atoms with Crippen LogP contribution in [-0.2, 0) is 9.59 Å². The molecular weight excluding hydrogens is 191 g/mol. The molecule has 0 unspecified atom stereocenters. The maximum absolute atomic E-state index is 11.6. The number of hydrogen-bond donors (Lipinski definition) is 1. The molecule has 0 heterocycles. The standard InChI is InChI=1S/C6H8F3NO3/c7-6(8,9)1-2-10(4-11)3-5(12)13/h4H,1-3H2,(H,12,13). The highest BCUT2D eigenvalue weighted by Gasteiger charge is 2.27. The Morgan fingerprint density at radius 3 is 2.31 bits per heavy atom. The molecule has 0 aliphatic rings. The van der Waals surface area contributed by atoms with E-state index in [0.29, 0.717) is 4.90 Å². The lowest BCUT2D eigenvalue weighted by Gasteiger charge is -2.15. The maximum atomic E-state index is 11.6. The molecule has 0 atom stereocenters. The first kappa shape index (κ1) is 11.7. The summed E-state index contributed by atoms with van der Waals surface area (Å²) >= 11 is 0. The molecule has 0 saturated carbocycles. The van der Waals surface area contributed by atoms with Gasteiger partial charge in [0.25, 0.3) is 0 Å². The first-order valence-corrected chi connectivity index (χ1v) is 3.33. The Bertz CT molecular complexity index is 192. The Hall–Kier alpha value is -1.27. The van der Waals surface area contributed by atoms with E-state index in [1.54, 1.807) is 0 Å². The first-order valence-electron chi connectivity index (χ1n) is 3.33. The van der Waals surface area contributed by atoms with Crippen LogP contribution in [0.3, 0.4) is 0 Å². The van der Waals surface area contributed by atoms with Gasteiger partial charge in [-0.1, -0.05) is 0 Å². The second-order valence-electron chi connectivity index (χ2n) is 2.33. The van der Waals surface area contributed by atoms with Crippen molar-refractivity contribution in [2.75, 3.05) is 13.1 Å². The molecule has 76 valence electrons. The zero-order valence-corrected chi connectivity index (χ0v) is 6.54. The summed E-state index contributed by atoms with van der Waals surface area (Å²) in [4.78, 5) is 20.6. The highest BCUT2D eigenvalue weighted by Crippen LogP contribution is 2.19. The zero-order chi connectivity index (χ0) is 10.5. The predicted molar refractivity (Wildman–Crippen MR) is 35.9 cm³/mol. The molecule has 0 aromatic rings. The molecule has 1 amide bonds. The summed E-state index contributed by atoms with van der Waals surface area (Å²) in [6.45, 7) is -1.33. The van der Waals surface area contributed by atoms with Crippen molar-refractivity contribution in [3.05, 3.63) is 0 Å². The van der Waals surface area contributed by atoms with Crippen LogP contribution in [0.25, 0.3) is 0 Å². The molecule has 7 heteroatoms. The van der Waals surface area contributed by atoms with Crippen molar-refractivity contribution in [2.45, 2.75) is 12.6 Å². The van der Waals surface area contributed by atoms with Crippen molar-refractivity contribution in [3.8, 4) is 0 Å². The van der Waals surface area contributed by atoms with E-state index < -0.39 is 31.7 Å². The Morgan fingerprint density at radius 2 is 2.00 bits per heavy atom. The van der Waals surface area contributed by atoms with Crippen molar-refractivity contribution in [3.63, 3.8) is 0 Å². The lowest BCUT2D eigenvalue weighted by molar-refractivity contribution is -0.148. The molecule has 0 radical (unpaired) electrons. The van der Waals surface area contributed by atoms with Crippen molar-refractivity contribution < 1.29 is 27.9 Å². The third kappa shape index (κ3) is 7.10. The van der Waals surface area contributed by atoms with Crippen molar-refractivity contribution >= 4 is 12.4 Å². The van der Waals surface area contributed by atoms with Crippen LogP contribution in [0.4, 0.5) is 13.2 Å². The lowest BCUT2D eigenvalue weighted by atomic mass is 10.4. The molecule has 1 N–H and O–H groups in total. The van der Waals surface area contributed by atoms with Gasteiger partial charge < -0.3 is 10.0 Å². The topological polar surface area (TPSA) is 57.6 Å². The molecule has 0 aliphatic heterocycles. The number of hydrogen-bond acceptors (Lipinski definition) is 2. The fraction of sp³-hybridized carbons (Fsp3) is 0.667. The maximum Gasteiger partial charge on any atom is 0.390 e. The van der Waals surface area contributed by atoms with Crippen LogP contribution in [-0.4, -0.2) is 41.7 Å². The van der Waals surface area contributed by atoms with E-state index in [9.17, 15) is 22.8 Å². The van der Waals surface area contributed by atoms with Gasteiger partial charge in [0.2, 0.25) is 6.41 Å². The van der Waals surface area contributed by atoms with E-state index in [-0.39, 0.29) is 6.41 Å². The average Bonchev–Trinajstić information content (AvgIpc) is 1.95. The average molecular weight is 199 g/mol. The summed E-state index contributed by atoms with van der Waals surface area (Å²) in [7, 11) is 0. The fourth-order valence-electron chi connectivity index (χ4n) is 0.613. The minimum atomic E-state index is -4.38. The Morgan fingerprint density at radius 1 is 1.46 bits per heavy atom. The highest BCUT2D eigenvalue weighted by molar-refractivity contribution is 5.71. The number of carboxylic acid groups (broad SMARTS) is 1. The number of alkyl halides is 3. The van der Waals surface area contributed by atoms with Gasteiger partial charge in [-0.05, 0) is 0 Å². The Labute approximate surface area is 71.9 Å². The molecule has 13 heavy (non-hydrogen) atoms. The van der Waals surface area contributed by atoms with Gasteiger partial charge in [-0.2, -0.15) is 13.2 Å². The summed E-state index contributed by atoms with van der Waals surface area (Å²) in [5.74, 6) is -1.34. The molecule has 0 saturated heterocycles. The van der Waals surface area contributed by atoms with Gasteiger partial charge in [0.15, 0.2) is 0 Å². The number of halogens is 3. The second-order valence-corrected chi connectivity index (χ2v) is 2.33. The Balaban J connectivity index is 3.86. The number of carboxylic acids is 1. The summed E-state index contributed by atoms with van der Waals surface area (Å²) in [6, 6.07) is 0. The zero-order valence-electron chi connectivity index (χ0n) is 6.54. The summed E-state index contributed by atoms with van der Waals surface area (Å²) in [6.07, 6.45) is -5.49. The smallest absolute Gasteiger partial charge is 0.390 e. The van der Waals surface area contributed by atoms with Crippen LogP contribution in [0.2, 0.25) is 0 Å². The molecule has 0 aromatic heterocycles. The van der Waals surface area contributed by atoms with E-state index in [4.69, 9.17) is 5.11 Å². The van der Waals surface area contributed by atoms with E-state index in [1.165, 1.54) is 0 Å². The van der Waals surface area contributed by atoms with Crippen molar-refractivity contribution in [2.24, 2.45) is 0 Å². The molecular formula is C6H8F3NO3. The molecule has 0 bridgehead atoms. The third-order valence-electron chi connectivity index (χ3n) is 1.17. The van der Waals surface area contributed by atoms with E-state index in [2.05, 4.69) is 0 Å². The molecule has 0 aliphatic carbocycles. The van der Waals surface area contributed by atoms with Gasteiger partial charge in [-0.25, -0.2) is 0 Å². The lowest BCUT2D eigenvalue weighted by Crippen LogP contribution is -2.31. The van der Waals surface area contributed by atoms with Gasteiger partial charge >= 0.3 is 12.1 Å². The largest absolute Gasteiger partial charge is 0.480 e. The minimum absolute atomic E-state index is 0.0832. The predicted octanol–water partition coefficient (Wildman–Crippen LogP) is 0.482. The Kier molecular flexibility index (Phi) is 4.22. The number of aliphatic carboxylic acids is 1. The number of rotatable bonds is 5. The van der Waals surface area contributed by atoms with Crippen LogP contribution in [0, 0.1) is 0 Å². The monoisotopic (exact) mass is 199 g/mol.